The van der Waals surface area contributed by atoms with Gasteiger partial charge in [-0.3, -0.25) is 0 Å². The summed E-state index contributed by atoms with van der Waals surface area (Å²) in [6.45, 7) is 0. The lowest BCUT2D eigenvalue weighted by molar-refractivity contribution is -0.107. The monoisotopic (exact) mass is 236 g/mol. The van der Waals surface area contributed by atoms with E-state index in [0.717, 1.165) is 34.0 Å². The Kier molecular flexibility index (Phi) is 3.46. The highest BCUT2D eigenvalue weighted by atomic mass is 32.2. The molecule has 2 aromatic rings. The summed E-state index contributed by atoms with van der Waals surface area (Å²) in [7, 11) is 1.64. The number of methoxy groups -OCH3 is 1. The minimum atomic E-state index is 0.547. The van der Waals surface area contributed by atoms with E-state index in [-0.39, 0.29) is 0 Å². The number of carbonyl (C=O) groups is 1. The number of aromatic nitrogens is 2. The lowest BCUT2D eigenvalue weighted by atomic mass is 10.3. The first-order valence-electron chi connectivity index (χ1n) is 4.93. The molecule has 2 rings (SSSR count). The van der Waals surface area contributed by atoms with Crippen LogP contribution in [0.1, 0.15) is 6.42 Å². The zero-order valence-corrected chi connectivity index (χ0v) is 9.71. The molecule has 0 aliphatic carbocycles. The molecular weight excluding hydrogens is 224 g/mol. The number of rotatable bonds is 5. The molecule has 84 valence electrons. The van der Waals surface area contributed by atoms with E-state index in [4.69, 9.17) is 4.74 Å². The number of fused-ring (bicyclic) bond motifs is 1. The van der Waals surface area contributed by atoms with Crippen LogP contribution in [0.5, 0.6) is 5.75 Å². The zero-order valence-electron chi connectivity index (χ0n) is 8.90. The predicted octanol–water partition coefficient (Wildman–Crippen LogP) is 2.25. The summed E-state index contributed by atoms with van der Waals surface area (Å²) in [5.74, 6) is 1.56. The topological polar surface area (TPSA) is 55.0 Å². The number of hydrogen-bond donors (Lipinski definition) is 1. The average Bonchev–Trinajstić information content (AvgIpc) is 2.70. The second kappa shape index (κ2) is 5.03. The first-order valence-corrected chi connectivity index (χ1v) is 5.92. The van der Waals surface area contributed by atoms with E-state index in [1.165, 1.54) is 0 Å². The van der Waals surface area contributed by atoms with Crippen molar-refractivity contribution < 1.29 is 9.53 Å². The molecule has 5 heteroatoms. The molecule has 0 spiro atoms. The lowest BCUT2D eigenvalue weighted by Gasteiger charge is -1.96. The summed E-state index contributed by atoms with van der Waals surface area (Å²) in [4.78, 5) is 17.8. The van der Waals surface area contributed by atoms with Crippen LogP contribution in [0.15, 0.2) is 23.4 Å². The number of nitrogens with one attached hydrogen (secondary N) is 1. The highest BCUT2D eigenvalue weighted by Crippen LogP contribution is 2.23. The number of benzene rings is 1. The van der Waals surface area contributed by atoms with Crippen LogP contribution in [0.25, 0.3) is 11.0 Å². The van der Waals surface area contributed by atoms with Crippen molar-refractivity contribution in [1.29, 1.82) is 0 Å². The molecule has 0 saturated heterocycles. The summed E-state index contributed by atoms with van der Waals surface area (Å²) in [5, 5.41) is 0.838. The third kappa shape index (κ3) is 2.36. The van der Waals surface area contributed by atoms with Crippen molar-refractivity contribution in [1.82, 2.24) is 9.97 Å². The van der Waals surface area contributed by atoms with Gasteiger partial charge in [0.1, 0.15) is 12.0 Å². The summed E-state index contributed by atoms with van der Waals surface area (Å²) < 4.78 is 5.13. The summed E-state index contributed by atoms with van der Waals surface area (Å²) in [6, 6.07) is 5.70. The highest BCUT2D eigenvalue weighted by Gasteiger charge is 2.03. The standard InChI is InChI=1S/C11H12N2O2S/c1-15-8-3-4-9-10(7-8)13-11(12-9)16-6-2-5-14/h3-5,7H,2,6H2,1H3,(H,12,13). The fourth-order valence-corrected chi connectivity index (χ4v) is 2.12. The van der Waals surface area contributed by atoms with Gasteiger partial charge in [0.2, 0.25) is 0 Å². The summed E-state index contributed by atoms with van der Waals surface area (Å²) >= 11 is 1.55. The minimum Gasteiger partial charge on any atom is -0.497 e. The fraction of sp³-hybridized carbons (Fsp3) is 0.273. The molecule has 0 atom stereocenters. The van der Waals surface area contributed by atoms with Gasteiger partial charge in [0.15, 0.2) is 5.16 Å². The normalized spacial score (nSPS) is 10.6. The molecule has 1 N–H and O–H groups in total. The Balaban J connectivity index is 2.19. The number of H-pyrrole nitrogens is 1. The van der Waals surface area contributed by atoms with Crippen molar-refractivity contribution >= 4 is 29.1 Å². The van der Waals surface area contributed by atoms with E-state index in [9.17, 15) is 4.79 Å². The third-order valence-electron chi connectivity index (χ3n) is 2.14. The maximum absolute atomic E-state index is 10.2. The Morgan fingerprint density at radius 2 is 2.44 bits per heavy atom. The molecule has 1 aromatic heterocycles. The Labute approximate surface area is 97.4 Å². The van der Waals surface area contributed by atoms with Gasteiger partial charge in [-0.15, -0.1) is 0 Å². The summed E-state index contributed by atoms with van der Waals surface area (Å²) in [6.07, 6.45) is 1.46. The molecule has 0 saturated carbocycles. The van der Waals surface area contributed by atoms with Crippen LogP contribution in [0.3, 0.4) is 0 Å². The maximum atomic E-state index is 10.2. The molecule has 1 aromatic carbocycles. The van der Waals surface area contributed by atoms with Gasteiger partial charge >= 0.3 is 0 Å². The SMILES string of the molecule is COc1ccc2nc(SCCC=O)[nH]c2c1. The molecule has 0 unspecified atom stereocenters. The van der Waals surface area contributed by atoms with Crippen LogP contribution >= 0.6 is 11.8 Å². The molecule has 0 fully saturated rings. The van der Waals surface area contributed by atoms with E-state index in [2.05, 4.69) is 9.97 Å². The molecule has 0 radical (unpaired) electrons. The predicted molar refractivity (Wildman–Crippen MR) is 64.1 cm³/mol. The minimum absolute atomic E-state index is 0.547. The second-order valence-electron chi connectivity index (χ2n) is 3.23. The van der Waals surface area contributed by atoms with Crippen LogP contribution in [0, 0.1) is 0 Å². The molecule has 1 heterocycles. The first kappa shape index (κ1) is 11.0. The Bertz CT molecular complexity index is 496. The van der Waals surface area contributed by atoms with Gasteiger partial charge in [-0.05, 0) is 12.1 Å². The molecule has 0 aliphatic heterocycles. The number of aldehydes is 1. The number of ether oxygens (including phenoxy) is 1. The van der Waals surface area contributed by atoms with Gasteiger partial charge in [0.25, 0.3) is 0 Å². The number of carbonyl (C=O) groups excluding carboxylic acids is 1. The van der Waals surface area contributed by atoms with E-state index >= 15 is 0 Å². The maximum Gasteiger partial charge on any atom is 0.166 e. The van der Waals surface area contributed by atoms with E-state index in [0.29, 0.717) is 6.42 Å². The largest absolute Gasteiger partial charge is 0.497 e. The molecule has 16 heavy (non-hydrogen) atoms. The lowest BCUT2D eigenvalue weighted by Crippen LogP contribution is -1.81. The van der Waals surface area contributed by atoms with E-state index in [1.807, 2.05) is 18.2 Å². The van der Waals surface area contributed by atoms with Gasteiger partial charge < -0.3 is 14.5 Å². The summed E-state index contributed by atoms with van der Waals surface area (Å²) in [5.41, 5.74) is 1.86. The number of hydrogen-bond acceptors (Lipinski definition) is 4. The van der Waals surface area contributed by atoms with Crippen molar-refractivity contribution in [2.75, 3.05) is 12.9 Å². The van der Waals surface area contributed by atoms with Crippen LogP contribution in [0.2, 0.25) is 0 Å². The van der Waals surface area contributed by atoms with E-state index < -0.39 is 0 Å². The first-order chi connectivity index (χ1) is 7.83. The fourth-order valence-electron chi connectivity index (χ4n) is 1.36. The molecule has 0 amide bonds. The van der Waals surface area contributed by atoms with Gasteiger partial charge in [-0.25, -0.2) is 4.98 Å². The third-order valence-corrected chi connectivity index (χ3v) is 3.05. The van der Waals surface area contributed by atoms with Crippen molar-refractivity contribution in [3.8, 4) is 5.75 Å². The zero-order chi connectivity index (χ0) is 11.4. The van der Waals surface area contributed by atoms with Crippen LogP contribution in [-0.4, -0.2) is 29.1 Å². The Morgan fingerprint density at radius 3 is 3.19 bits per heavy atom. The molecule has 0 bridgehead atoms. The van der Waals surface area contributed by atoms with Gasteiger partial charge in [0, 0.05) is 18.2 Å². The van der Waals surface area contributed by atoms with Gasteiger partial charge in [-0.2, -0.15) is 0 Å². The average molecular weight is 236 g/mol. The van der Waals surface area contributed by atoms with Crippen molar-refractivity contribution in [2.45, 2.75) is 11.6 Å². The van der Waals surface area contributed by atoms with Crippen molar-refractivity contribution in [3.63, 3.8) is 0 Å². The van der Waals surface area contributed by atoms with Gasteiger partial charge in [0.05, 0.1) is 18.1 Å². The molecular formula is C11H12N2O2S. The number of imidazole rings is 1. The van der Waals surface area contributed by atoms with Crippen molar-refractivity contribution in [2.24, 2.45) is 0 Å². The van der Waals surface area contributed by atoms with E-state index in [1.54, 1.807) is 18.9 Å². The number of thioether (sulfide) groups is 1. The quantitative estimate of drug-likeness (QED) is 0.491. The molecule has 4 nitrogen and oxygen atoms in total. The Morgan fingerprint density at radius 1 is 1.56 bits per heavy atom. The van der Waals surface area contributed by atoms with Gasteiger partial charge in [-0.1, -0.05) is 11.8 Å². The number of aromatic amines is 1. The smallest absolute Gasteiger partial charge is 0.166 e. The number of nitrogens with zero attached hydrogens (tertiary/aromatic N) is 1. The molecule has 0 aliphatic rings. The highest BCUT2D eigenvalue weighted by molar-refractivity contribution is 7.99. The van der Waals surface area contributed by atoms with Crippen LogP contribution < -0.4 is 4.74 Å². The second-order valence-corrected chi connectivity index (χ2v) is 4.31. The van der Waals surface area contributed by atoms with Crippen LogP contribution in [-0.2, 0) is 4.79 Å². The van der Waals surface area contributed by atoms with Crippen molar-refractivity contribution in [3.05, 3.63) is 18.2 Å². The Hall–Kier alpha value is -1.49. The van der Waals surface area contributed by atoms with Crippen LogP contribution in [0.4, 0.5) is 0 Å².